The van der Waals surface area contributed by atoms with E-state index < -0.39 is 0 Å². The van der Waals surface area contributed by atoms with Crippen molar-refractivity contribution in [3.63, 3.8) is 0 Å². The van der Waals surface area contributed by atoms with Gasteiger partial charge >= 0.3 is 0 Å². The van der Waals surface area contributed by atoms with E-state index in [1.54, 1.807) is 18.2 Å². The molecule has 0 aliphatic rings. The van der Waals surface area contributed by atoms with E-state index in [9.17, 15) is 9.18 Å². The Bertz CT molecular complexity index is 447. The maximum Gasteiger partial charge on any atom is 0.132 e. The van der Waals surface area contributed by atoms with Crippen LogP contribution in [0.1, 0.15) is 5.69 Å². The molecule has 2 rings (SSSR count). The van der Waals surface area contributed by atoms with Crippen molar-refractivity contribution in [3.05, 3.63) is 35.8 Å². The Labute approximate surface area is 74.4 Å². The van der Waals surface area contributed by atoms with E-state index in [1.807, 2.05) is 0 Å². The highest BCUT2D eigenvalue weighted by Crippen LogP contribution is 2.18. The Morgan fingerprint density at radius 1 is 1.46 bits per heavy atom. The molecule has 3 heteroatoms. The van der Waals surface area contributed by atoms with Gasteiger partial charge in [-0.15, -0.1) is 0 Å². The zero-order chi connectivity index (χ0) is 9.26. The van der Waals surface area contributed by atoms with Crippen LogP contribution >= 0.6 is 0 Å². The summed E-state index contributed by atoms with van der Waals surface area (Å²) in [4.78, 5) is 13.2. The number of H-pyrrole nitrogens is 1. The minimum atomic E-state index is -0.258. The number of nitrogens with one attached hydrogen (secondary N) is 1. The van der Waals surface area contributed by atoms with Crippen molar-refractivity contribution in [2.45, 2.75) is 6.42 Å². The average Bonchev–Trinajstić information content (AvgIpc) is 2.49. The monoisotopic (exact) mass is 177 g/mol. The summed E-state index contributed by atoms with van der Waals surface area (Å²) in [6, 6.07) is 6.49. The molecule has 0 saturated carbocycles. The molecule has 13 heavy (non-hydrogen) atoms. The highest BCUT2D eigenvalue weighted by atomic mass is 19.1. The molecule has 0 bridgehead atoms. The molecule has 2 aromatic rings. The van der Waals surface area contributed by atoms with E-state index in [2.05, 4.69) is 4.98 Å². The highest BCUT2D eigenvalue weighted by Gasteiger charge is 2.03. The lowest BCUT2D eigenvalue weighted by atomic mass is 10.2. The van der Waals surface area contributed by atoms with Crippen LogP contribution in [-0.4, -0.2) is 11.3 Å². The summed E-state index contributed by atoms with van der Waals surface area (Å²) >= 11 is 0. The first kappa shape index (κ1) is 7.98. The summed E-state index contributed by atoms with van der Waals surface area (Å²) in [6.07, 6.45) is 1.09. The summed E-state index contributed by atoms with van der Waals surface area (Å²) in [6.45, 7) is 0. The number of halogens is 1. The number of carbonyl (C=O) groups excluding carboxylic acids is 1. The van der Waals surface area contributed by atoms with E-state index in [4.69, 9.17) is 0 Å². The Morgan fingerprint density at radius 3 is 3.00 bits per heavy atom. The van der Waals surface area contributed by atoms with Gasteiger partial charge in [-0.2, -0.15) is 0 Å². The number of hydrogen-bond donors (Lipinski definition) is 1. The van der Waals surface area contributed by atoms with Gasteiger partial charge in [0.15, 0.2) is 0 Å². The van der Waals surface area contributed by atoms with Crippen molar-refractivity contribution >= 4 is 17.2 Å². The third kappa shape index (κ3) is 1.33. The minimum Gasteiger partial charge on any atom is -0.358 e. The predicted molar refractivity (Wildman–Crippen MR) is 48.0 cm³/mol. The second-order valence-electron chi connectivity index (χ2n) is 2.87. The van der Waals surface area contributed by atoms with Gasteiger partial charge in [-0.1, -0.05) is 6.07 Å². The normalized spacial score (nSPS) is 10.5. The predicted octanol–water partition coefficient (Wildman–Crippen LogP) is 2.05. The average molecular weight is 177 g/mol. The fourth-order valence-electron chi connectivity index (χ4n) is 1.38. The molecule has 0 radical (unpaired) electrons. The topological polar surface area (TPSA) is 32.9 Å². The molecule has 1 aromatic carbocycles. The van der Waals surface area contributed by atoms with Crippen LogP contribution in [0.4, 0.5) is 4.39 Å². The molecule has 0 amide bonds. The molecule has 1 N–H and O–H groups in total. The Hall–Kier alpha value is -1.64. The number of hydrogen-bond acceptors (Lipinski definition) is 1. The zero-order valence-electron chi connectivity index (χ0n) is 6.88. The first-order valence-corrected chi connectivity index (χ1v) is 4.01. The minimum absolute atomic E-state index is 0.258. The third-order valence-corrected chi connectivity index (χ3v) is 1.97. The van der Waals surface area contributed by atoms with Crippen molar-refractivity contribution in [2.24, 2.45) is 0 Å². The lowest BCUT2D eigenvalue weighted by Crippen LogP contribution is -1.83. The van der Waals surface area contributed by atoms with E-state index >= 15 is 0 Å². The molecule has 0 saturated heterocycles. The van der Waals surface area contributed by atoms with E-state index in [0.717, 1.165) is 17.5 Å². The Morgan fingerprint density at radius 2 is 2.31 bits per heavy atom. The quantitative estimate of drug-likeness (QED) is 0.699. The standard InChI is InChI=1S/C10H8FNO/c11-9-2-1-3-10-8(9)6-7(12-10)4-5-13/h1-3,5-6,12H,4H2. The van der Waals surface area contributed by atoms with Gasteiger partial charge in [0.1, 0.15) is 12.1 Å². The number of fused-ring (bicyclic) bond motifs is 1. The van der Waals surface area contributed by atoms with Crippen LogP contribution < -0.4 is 0 Å². The molecular weight excluding hydrogens is 169 g/mol. The van der Waals surface area contributed by atoms with Gasteiger partial charge in [0.05, 0.1) is 0 Å². The number of carbonyl (C=O) groups is 1. The molecular formula is C10H8FNO. The van der Waals surface area contributed by atoms with Crippen LogP contribution in [0.25, 0.3) is 10.9 Å². The smallest absolute Gasteiger partial charge is 0.132 e. The van der Waals surface area contributed by atoms with E-state index in [1.165, 1.54) is 6.07 Å². The number of benzene rings is 1. The number of aromatic nitrogens is 1. The second kappa shape index (κ2) is 3.01. The van der Waals surface area contributed by atoms with Crippen molar-refractivity contribution < 1.29 is 9.18 Å². The van der Waals surface area contributed by atoms with Gasteiger partial charge in [0.2, 0.25) is 0 Å². The van der Waals surface area contributed by atoms with Gasteiger partial charge < -0.3 is 9.78 Å². The van der Waals surface area contributed by atoms with Crippen LogP contribution in [0.5, 0.6) is 0 Å². The van der Waals surface area contributed by atoms with Gasteiger partial charge in [0.25, 0.3) is 0 Å². The molecule has 1 aromatic heterocycles. The molecule has 0 atom stereocenters. The molecule has 0 spiro atoms. The lowest BCUT2D eigenvalue weighted by Gasteiger charge is -1.88. The van der Waals surface area contributed by atoms with Crippen molar-refractivity contribution in [3.8, 4) is 0 Å². The molecule has 0 fully saturated rings. The van der Waals surface area contributed by atoms with Crippen molar-refractivity contribution in [1.29, 1.82) is 0 Å². The summed E-state index contributed by atoms with van der Waals surface area (Å²) in [7, 11) is 0. The SMILES string of the molecule is O=CCc1cc2c(F)cccc2[nH]1. The fraction of sp³-hybridized carbons (Fsp3) is 0.100. The number of aromatic amines is 1. The fourth-order valence-corrected chi connectivity index (χ4v) is 1.38. The molecule has 66 valence electrons. The number of rotatable bonds is 2. The largest absolute Gasteiger partial charge is 0.358 e. The van der Waals surface area contributed by atoms with E-state index in [0.29, 0.717) is 11.8 Å². The third-order valence-electron chi connectivity index (χ3n) is 1.97. The maximum absolute atomic E-state index is 13.1. The number of aldehydes is 1. The summed E-state index contributed by atoms with van der Waals surface area (Å²) in [5.74, 6) is -0.258. The molecule has 0 unspecified atom stereocenters. The van der Waals surface area contributed by atoms with Gasteiger partial charge in [-0.05, 0) is 18.2 Å². The van der Waals surface area contributed by atoms with Crippen LogP contribution in [0.3, 0.4) is 0 Å². The van der Waals surface area contributed by atoms with E-state index in [-0.39, 0.29) is 5.82 Å². The van der Waals surface area contributed by atoms with Crippen molar-refractivity contribution in [1.82, 2.24) is 4.98 Å². The van der Waals surface area contributed by atoms with Crippen LogP contribution in [0.15, 0.2) is 24.3 Å². The first-order valence-electron chi connectivity index (χ1n) is 4.01. The van der Waals surface area contributed by atoms with Gasteiger partial charge in [-0.25, -0.2) is 4.39 Å². The van der Waals surface area contributed by atoms with Crippen LogP contribution in [0, 0.1) is 5.82 Å². The summed E-state index contributed by atoms with van der Waals surface area (Å²) in [5, 5.41) is 0.541. The summed E-state index contributed by atoms with van der Waals surface area (Å²) in [5.41, 5.74) is 1.48. The summed E-state index contributed by atoms with van der Waals surface area (Å²) < 4.78 is 13.1. The van der Waals surface area contributed by atoms with Crippen molar-refractivity contribution in [2.75, 3.05) is 0 Å². The molecule has 1 heterocycles. The highest BCUT2D eigenvalue weighted by molar-refractivity contribution is 5.81. The second-order valence-corrected chi connectivity index (χ2v) is 2.87. The van der Waals surface area contributed by atoms with Gasteiger partial charge in [-0.3, -0.25) is 0 Å². The molecule has 0 aliphatic carbocycles. The van der Waals surface area contributed by atoms with Crippen LogP contribution in [0.2, 0.25) is 0 Å². The first-order chi connectivity index (χ1) is 6.31. The molecule has 2 nitrogen and oxygen atoms in total. The zero-order valence-corrected chi connectivity index (χ0v) is 6.88. The lowest BCUT2D eigenvalue weighted by molar-refractivity contribution is -0.107. The Kier molecular flexibility index (Phi) is 1.85. The Balaban J connectivity index is 2.61. The maximum atomic E-state index is 13.1. The molecule has 0 aliphatic heterocycles. The van der Waals surface area contributed by atoms with Gasteiger partial charge in [0, 0.05) is 23.0 Å². The van der Waals surface area contributed by atoms with Crippen LogP contribution in [-0.2, 0) is 11.2 Å².